The molecule has 0 atom stereocenters. The van der Waals surface area contributed by atoms with Crippen molar-refractivity contribution in [1.29, 1.82) is 0 Å². The van der Waals surface area contributed by atoms with Crippen LogP contribution in [0.25, 0.3) is 0 Å². The summed E-state index contributed by atoms with van der Waals surface area (Å²) >= 11 is 5.36. The Morgan fingerprint density at radius 2 is 1.83 bits per heavy atom. The Morgan fingerprint density at radius 3 is 2.33 bits per heavy atom. The van der Waals surface area contributed by atoms with Gasteiger partial charge in [0.1, 0.15) is 0 Å². The van der Waals surface area contributed by atoms with Crippen LogP contribution in [0.2, 0.25) is 0 Å². The summed E-state index contributed by atoms with van der Waals surface area (Å²) in [5.41, 5.74) is 0. The molecule has 0 radical (unpaired) electrons. The number of rotatable bonds is 3. The van der Waals surface area contributed by atoms with E-state index >= 15 is 0 Å². The highest BCUT2D eigenvalue weighted by Crippen LogP contribution is 2.27. The highest BCUT2D eigenvalue weighted by atomic mass is 32.1. The van der Waals surface area contributed by atoms with Gasteiger partial charge < -0.3 is 0 Å². The average Bonchev–Trinajstić information content (AvgIpc) is 2.06. The number of hydrogen-bond donors (Lipinski definition) is 0. The molecule has 12 heavy (non-hydrogen) atoms. The summed E-state index contributed by atoms with van der Waals surface area (Å²) in [5.74, 6) is 1.54. The molecule has 1 fully saturated rings. The first-order valence-electron chi connectivity index (χ1n) is 5.23. The summed E-state index contributed by atoms with van der Waals surface area (Å²) < 4.78 is 0. The summed E-state index contributed by atoms with van der Waals surface area (Å²) in [6.07, 6.45) is 8.38. The van der Waals surface area contributed by atoms with Gasteiger partial charge in [0, 0.05) is 0 Å². The zero-order valence-electron chi connectivity index (χ0n) is 8.31. The second kappa shape index (κ2) is 4.96. The van der Waals surface area contributed by atoms with Gasteiger partial charge in [-0.15, -0.1) is 0 Å². The van der Waals surface area contributed by atoms with E-state index in [-0.39, 0.29) is 0 Å². The fourth-order valence-corrected chi connectivity index (χ4v) is 2.15. The lowest BCUT2D eigenvalue weighted by molar-refractivity contribution is 0.367. The van der Waals surface area contributed by atoms with Gasteiger partial charge in [-0.1, -0.05) is 58.2 Å². The van der Waals surface area contributed by atoms with Crippen LogP contribution < -0.4 is 0 Å². The minimum atomic E-state index is 0.613. The van der Waals surface area contributed by atoms with Gasteiger partial charge in [0.2, 0.25) is 0 Å². The van der Waals surface area contributed by atoms with Crippen molar-refractivity contribution >= 4 is 17.1 Å². The van der Waals surface area contributed by atoms with Gasteiger partial charge in [0.25, 0.3) is 0 Å². The molecule has 0 aromatic heterocycles. The van der Waals surface area contributed by atoms with Crippen LogP contribution in [0, 0.1) is 11.8 Å². The molecule has 0 N–H and O–H groups in total. The molecule has 1 aliphatic carbocycles. The SMILES string of the molecule is CC(C)C(=S)CC1CCCCC1. The van der Waals surface area contributed by atoms with Gasteiger partial charge in [-0.25, -0.2) is 0 Å². The second-order valence-corrected chi connectivity index (χ2v) is 4.85. The zero-order valence-corrected chi connectivity index (χ0v) is 9.12. The van der Waals surface area contributed by atoms with Crippen LogP contribution in [0.5, 0.6) is 0 Å². The molecule has 1 heteroatoms. The van der Waals surface area contributed by atoms with Gasteiger partial charge in [-0.05, 0) is 23.1 Å². The van der Waals surface area contributed by atoms with Crippen LogP contribution in [-0.2, 0) is 0 Å². The molecule has 0 heterocycles. The predicted octanol–water partition coefficient (Wildman–Crippen LogP) is 3.98. The van der Waals surface area contributed by atoms with Crippen molar-refractivity contribution in [2.24, 2.45) is 11.8 Å². The van der Waals surface area contributed by atoms with Crippen LogP contribution in [-0.4, -0.2) is 4.86 Å². The quantitative estimate of drug-likeness (QED) is 0.598. The first-order valence-corrected chi connectivity index (χ1v) is 5.63. The summed E-state index contributed by atoms with van der Waals surface area (Å²) in [4.78, 5) is 1.29. The molecule has 0 amide bonds. The highest BCUT2D eigenvalue weighted by molar-refractivity contribution is 7.80. The van der Waals surface area contributed by atoms with E-state index in [0.29, 0.717) is 5.92 Å². The Morgan fingerprint density at radius 1 is 1.25 bits per heavy atom. The monoisotopic (exact) mass is 184 g/mol. The third-order valence-electron chi connectivity index (χ3n) is 2.86. The third kappa shape index (κ3) is 3.22. The molecule has 70 valence electrons. The Kier molecular flexibility index (Phi) is 4.20. The summed E-state index contributed by atoms with van der Waals surface area (Å²) in [6.45, 7) is 4.43. The normalized spacial score (nSPS) is 19.9. The fourth-order valence-electron chi connectivity index (χ4n) is 1.91. The predicted molar refractivity (Wildman–Crippen MR) is 58.6 cm³/mol. The van der Waals surface area contributed by atoms with Crippen LogP contribution in [0.15, 0.2) is 0 Å². The first kappa shape index (κ1) is 10.2. The highest BCUT2D eigenvalue weighted by Gasteiger charge is 2.15. The van der Waals surface area contributed by atoms with Gasteiger partial charge in [-0.2, -0.15) is 0 Å². The maximum absolute atomic E-state index is 5.36. The third-order valence-corrected chi connectivity index (χ3v) is 3.50. The van der Waals surface area contributed by atoms with E-state index in [2.05, 4.69) is 13.8 Å². The molecular weight excluding hydrogens is 164 g/mol. The van der Waals surface area contributed by atoms with E-state index < -0.39 is 0 Å². The molecule has 0 spiro atoms. The lowest BCUT2D eigenvalue weighted by Crippen LogP contribution is -2.14. The summed E-state index contributed by atoms with van der Waals surface area (Å²) in [7, 11) is 0. The van der Waals surface area contributed by atoms with E-state index in [0.717, 1.165) is 5.92 Å². The second-order valence-electron chi connectivity index (χ2n) is 4.33. The van der Waals surface area contributed by atoms with Crippen molar-refractivity contribution in [3.8, 4) is 0 Å². The molecule has 0 unspecified atom stereocenters. The van der Waals surface area contributed by atoms with E-state index in [1.54, 1.807) is 0 Å². The van der Waals surface area contributed by atoms with Crippen molar-refractivity contribution in [1.82, 2.24) is 0 Å². The van der Waals surface area contributed by atoms with Gasteiger partial charge in [0.05, 0.1) is 0 Å². The molecule has 0 nitrogen and oxygen atoms in total. The molecule has 1 saturated carbocycles. The van der Waals surface area contributed by atoms with Crippen molar-refractivity contribution < 1.29 is 0 Å². The molecule has 0 aromatic rings. The lowest BCUT2D eigenvalue weighted by atomic mass is 9.84. The average molecular weight is 184 g/mol. The van der Waals surface area contributed by atoms with E-state index in [9.17, 15) is 0 Å². The standard InChI is InChI=1S/C11H20S/c1-9(2)11(12)8-10-6-4-3-5-7-10/h9-10H,3-8H2,1-2H3. The maximum Gasteiger partial charge on any atom is -0.00433 e. The molecule has 0 bridgehead atoms. The molecule has 0 saturated heterocycles. The summed E-state index contributed by atoms with van der Waals surface area (Å²) in [6, 6.07) is 0. The molecular formula is C11H20S. The van der Waals surface area contributed by atoms with Gasteiger partial charge >= 0.3 is 0 Å². The Bertz CT molecular complexity index is 143. The minimum Gasteiger partial charge on any atom is -0.0894 e. The number of hydrogen-bond acceptors (Lipinski definition) is 1. The van der Waals surface area contributed by atoms with Gasteiger partial charge in [0.15, 0.2) is 0 Å². The number of thiocarbonyl (C=S) groups is 1. The van der Waals surface area contributed by atoms with Crippen molar-refractivity contribution in [2.75, 3.05) is 0 Å². The van der Waals surface area contributed by atoms with Crippen LogP contribution in [0.1, 0.15) is 52.4 Å². The minimum absolute atomic E-state index is 0.613. The molecule has 0 aromatic carbocycles. The Balaban J connectivity index is 2.24. The maximum atomic E-state index is 5.36. The summed E-state index contributed by atoms with van der Waals surface area (Å²) in [5, 5.41) is 0. The molecule has 1 rings (SSSR count). The van der Waals surface area contributed by atoms with Crippen molar-refractivity contribution in [3.63, 3.8) is 0 Å². The largest absolute Gasteiger partial charge is 0.0894 e. The Labute approximate surface area is 81.7 Å². The van der Waals surface area contributed by atoms with E-state index in [1.807, 2.05) is 0 Å². The Hall–Kier alpha value is 0.0900. The first-order chi connectivity index (χ1) is 5.70. The lowest BCUT2D eigenvalue weighted by Gasteiger charge is -2.22. The van der Waals surface area contributed by atoms with Crippen LogP contribution >= 0.6 is 12.2 Å². The van der Waals surface area contributed by atoms with Crippen LogP contribution in [0.4, 0.5) is 0 Å². The fraction of sp³-hybridized carbons (Fsp3) is 0.909. The van der Waals surface area contributed by atoms with E-state index in [4.69, 9.17) is 12.2 Å². The smallest absolute Gasteiger partial charge is 0.00433 e. The topological polar surface area (TPSA) is 0 Å². The van der Waals surface area contributed by atoms with Crippen LogP contribution in [0.3, 0.4) is 0 Å². The van der Waals surface area contributed by atoms with Crippen molar-refractivity contribution in [3.05, 3.63) is 0 Å². The van der Waals surface area contributed by atoms with E-state index in [1.165, 1.54) is 43.4 Å². The molecule has 0 aliphatic heterocycles. The zero-order chi connectivity index (χ0) is 8.97. The van der Waals surface area contributed by atoms with Gasteiger partial charge in [-0.3, -0.25) is 0 Å². The van der Waals surface area contributed by atoms with Crippen molar-refractivity contribution in [2.45, 2.75) is 52.4 Å². The molecule has 1 aliphatic rings.